The van der Waals surface area contributed by atoms with E-state index >= 15 is 0 Å². The van der Waals surface area contributed by atoms with Crippen molar-refractivity contribution in [2.75, 3.05) is 0 Å². The normalized spacial score (nSPS) is 16.0. The average molecular weight is 384 g/mol. The molecule has 0 bridgehead atoms. The SMILES string of the molecule is Cc1cc(S(=O)(=O)O)cc(S(=O)(=O)O)c1C1=NN(F)NC(F)=C1N. The Labute approximate surface area is 134 Å². The van der Waals surface area contributed by atoms with Crippen molar-refractivity contribution >= 4 is 25.9 Å². The van der Waals surface area contributed by atoms with Gasteiger partial charge in [-0.05, 0) is 30.0 Å². The molecule has 5 N–H and O–H groups in total. The molecule has 0 aliphatic carbocycles. The maximum absolute atomic E-state index is 13.5. The van der Waals surface area contributed by atoms with Crippen LogP contribution in [0.4, 0.5) is 8.87 Å². The summed E-state index contributed by atoms with van der Waals surface area (Å²) in [7, 11) is -9.89. The van der Waals surface area contributed by atoms with Gasteiger partial charge in [0.25, 0.3) is 20.2 Å². The Balaban J connectivity index is 2.90. The molecule has 1 aliphatic rings. The lowest BCUT2D eigenvalue weighted by atomic mass is 10.0. The Hall–Kier alpha value is -2.29. The standard InChI is InChI=1S/C10H10F2N4O6S2/c1-4-2-5(23(17,18)19)3-6(24(20,21)22)7(4)9-8(13)10(11)15-16(12)14-9/h2-3,15H,13H2,1H3,(H,17,18,19)(H,20,21,22). The molecule has 24 heavy (non-hydrogen) atoms. The highest BCUT2D eigenvalue weighted by molar-refractivity contribution is 7.86. The van der Waals surface area contributed by atoms with Crippen LogP contribution in [0.2, 0.25) is 0 Å². The summed E-state index contributed by atoms with van der Waals surface area (Å²) >= 11 is 0. The quantitative estimate of drug-likeness (QED) is 0.319. The molecule has 0 fully saturated rings. The van der Waals surface area contributed by atoms with Gasteiger partial charge in [-0.1, -0.05) is 4.48 Å². The summed E-state index contributed by atoms with van der Waals surface area (Å²) in [6.45, 7) is 1.16. The molecular weight excluding hydrogens is 374 g/mol. The Morgan fingerprint density at radius 2 is 1.79 bits per heavy atom. The molecule has 1 aromatic rings. The summed E-state index contributed by atoms with van der Waals surface area (Å²) in [6.07, 6.45) is 0. The van der Waals surface area contributed by atoms with Crippen molar-refractivity contribution in [3.05, 3.63) is 34.9 Å². The largest absolute Gasteiger partial charge is 0.393 e. The minimum absolute atomic E-state index is 0.192. The molecule has 132 valence electrons. The van der Waals surface area contributed by atoms with E-state index in [4.69, 9.17) is 10.3 Å². The van der Waals surface area contributed by atoms with Crippen LogP contribution in [-0.2, 0) is 20.2 Å². The highest BCUT2D eigenvalue weighted by Gasteiger charge is 2.30. The molecule has 0 spiro atoms. The molecule has 2 rings (SSSR count). The van der Waals surface area contributed by atoms with E-state index in [0.29, 0.717) is 6.07 Å². The van der Waals surface area contributed by atoms with E-state index in [9.17, 15) is 30.3 Å². The second-order valence-corrected chi connectivity index (χ2v) is 7.42. The fraction of sp³-hybridized carbons (Fsp3) is 0.100. The fourth-order valence-corrected chi connectivity index (χ4v) is 3.43. The van der Waals surface area contributed by atoms with Crippen LogP contribution >= 0.6 is 0 Å². The van der Waals surface area contributed by atoms with Gasteiger partial charge in [0.15, 0.2) is 0 Å². The number of hydrogen-bond donors (Lipinski definition) is 4. The molecule has 0 atom stereocenters. The molecule has 1 aliphatic heterocycles. The van der Waals surface area contributed by atoms with Crippen molar-refractivity contribution in [1.29, 1.82) is 0 Å². The summed E-state index contributed by atoms with van der Waals surface area (Å²) < 4.78 is 90.6. The Bertz CT molecular complexity index is 987. The minimum atomic E-state index is -5.06. The maximum Gasteiger partial charge on any atom is 0.295 e. The Kier molecular flexibility index (Phi) is 4.26. The lowest BCUT2D eigenvalue weighted by molar-refractivity contribution is -0.0283. The molecule has 0 amide bonds. The van der Waals surface area contributed by atoms with Crippen LogP contribution in [-0.4, -0.2) is 37.0 Å². The predicted octanol–water partition coefficient (Wildman–Crippen LogP) is -0.00548. The average Bonchev–Trinajstić information content (AvgIpc) is 2.40. The Morgan fingerprint density at radius 1 is 1.21 bits per heavy atom. The first-order valence-electron chi connectivity index (χ1n) is 5.89. The van der Waals surface area contributed by atoms with Gasteiger partial charge >= 0.3 is 0 Å². The van der Waals surface area contributed by atoms with Crippen molar-refractivity contribution in [1.82, 2.24) is 10.8 Å². The third-order valence-electron chi connectivity index (χ3n) is 2.96. The van der Waals surface area contributed by atoms with Gasteiger partial charge in [-0.15, -0.1) is 5.10 Å². The topological polar surface area (TPSA) is 162 Å². The van der Waals surface area contributed by atoms with E-state index in [0.717, 1.165) is 13.0 Å². The highest BCUT2D eigenvalue weighted by Crippen LogP contribution is 2.28. The monoisotopic (exact) mass is 384 g/mol. The summed E-state index contributed by atoms with van der Waals surface area (Å²) in [5.41, 5.74) is 4.64. The second-order valence-electron chi connectivity index (χ2n) is 4.61. The summed E-state index contributed by atoms with van der Waals surface area (Å²) in [5.74, 6) is -1.39. The van der Waals surface area contributed by atoms with E-state index in [1.54, 1.807) is 0 Å². The smallest absolute Gasteiger partial charge is 0.295 e. The van der Waals surface area contributed by atoms with Crippen LogP contribution in [0.3, 0.4) is 0 Å². The number of rotatable bonds is 3. The van der Waals surface area contributed by atoms with Gasteiger partial charge in [0.2, 0.25) is 5.95 Å². The molecule has 0 saturated heterocycles. The van der Waals surface area contributed by atoms with Gasteiger partial charge in [-0.3, -0.25) is 9.11 Å². The maximum atomic E-state index is 13.5. The third-order valence-corrected chi connectivity index (χ3v) is 4.66. The molecule has 14 heteroatoms. The first kappa shape index (κ1) is 18.1. The number of hydrazone groups is 1. The zero-order valence-corrected chi connectivity index (χ0v) is 13.4. The molecule has 10 nitrogen and oxygen atoms in total. The number of nitrogens with zero attached hydrogens (tertiary/aromatic N) is 2. The third kappa shape index (κ3) is 3.30. The van der Waals surface area contributed by atoms with E-state index in [1.165, 1.54) is 5.43 Å². The molecule has 0 aromatic heterocycles. The van der Waals surface area contributed by atoms with Crippen LogP contribution in [0.5, 0.6) is 0 Å². The van der Waals surface area contributed by atoms with Gasteiger partial charge in [0.05, 0.1) is 4.90 Å². The molecule has 0 radical (unpaired) electrons. The van der Waals surface area contributed by atoms with Crippen LogP contribution in [0.25, 0.3) is 0 Å². The van der Waals surface area contributed by atoms with Crippen molar-refractivity contribution in [2.45, 2.75) is 16.7 Å². The van der Waals surface area contributed by atoms with Gasteiger partial charge in [-0.2, -0.15) is 21.2 Å². The van der Waals surface area contributed by atoms with E-state index in [-0.39, 0.29) is 5.56 Å². The Morgan fingerprint density at radius 3 is 2.29 bits per heavy atom. The number of nitrogens with one attached hydrogen (secondary N) is 1. The summed E-state index contributed by atoms with van der Waals surface area (Å²) in [6, 6.07) is 1.23. The molecular formula is C10H10F2N4O6S2. The van der Waals surface area contributed by atoms with Crippen LogP contribution in [0.15, 0.2) is 38.7 Å². The predicted molar refractivity (Wildman–Crippen MR) is 75.7 cm³/mol. The first-order valence-corrected chi connectivity index (χ1v) is 8.77. The van der Waals surface area contributed by atoms with Gasteiger partial charge in [0.1, 0.15) is 16.3 Å². The lowest BCUT2D eigenvalue weighted by Crippen LogP contribution is -2.36. The number of hydrazine groups is 1. The van der Waals surface area contributed by atoms with Crippen molar-refractivity contribution in [3.8, 4) is 0 Å². The number of nitrogens with two attached hydrogens (primary N) is 1. The van der Waals surface area contributed by atoms with Crippen molar-refractivity contribution < 1.29 is 34.8 Å². The van der Waals surface area contributed by atoms with Gasteiger partial charge < -0.3 is 5.73 Å². The summed E-state index contributed by atoms with van der Waals surface area (Å²) in [4.78, 5) is -1.91. The molecule has 1 heterocycles. The van der Waals surface area contributed by atoms with Crippen LogP contribution in [0, 0.1) is 6.92 Å². The fourth-order valence-electron chi connectivity index (χ4n) is 1.98. The second kappa shape index (κ2) is 5.66. The zero-order valence-electron chi connectivity index (χ0n) is 11.7. The first-order chi connectivity index (χ1) is 10.8. The van der Waals surface area contributed by atoms with Crippen molar-refractivity contribution in [2.24, 2.45) is 10.8 Å². The minimum Gasteiger partial charge on any atom is -0.393 e. The lowest BCUT2D eigenvalue weighted by Gasteiger charge is -2.21. The zero-order chi connectivity index (χ0) is 18.4. The van der Waals surface area contributed by atoms with Crippen molar-refractivity contribution in [3.63, 3.8) is 0 Å². The molecule has 1 aromatic carbocycles. The van der Waals surface area contributed by atoms with E-state index in [2.05, 4.69) is 5.10 Å². The number of aryl methyl sites for hydroxylation is 1. The van der Waals surface area contributed by atoms with E-state index in [1.807, 2.05) is 0 Å². The van der Waals surface area contributed by atoms with Crippen LogP contribution < -0.4 is 11.2 Å². The summed E-state index contributed by atoms with van der Waals surface area (Å²) in [5, 5.41) is 2.58. The number of benzene rings is 1. The van der Waals surface area contributed by atoms with Gasteiger partial charge in [-0.25, -0.2) is 5.43 Å². The number of allylic oxidation sites excluding steroid dienone is 1. The van der Waals surface area contributed by atoms with Gasteiger partial charge in [0, 0.05) is 5.56 Å². The molecule has 0 unspecified atom stereocenters. The van der Waals surface area contributed by atoms with Crippen LogP contribution in [0.1, 0.15) is 11.1 Å². The molecule has 0 saturated carbocycles. The highest BCUT2D eigenvalue weighted by atomic mass is 32.2. The number of hydrogen-bond acceptors (Lipinski definition) is 8. The van der Waals surface area contributed by atoms with E-state index < -0.39 is 58.3 Å². The number of halogens is 2.